The predicted molar refractivity (Wildman–Crippen MR) is 72.1 cm³/mol. The number of nitrogens with zero attached hydrogens (tertiary/aromatic N) is 1. The summed E-state index contributed by atoms with van der Waals surface area (Å²) in [7, 11) is -1.85. The molecule has 0 unspecified atom stereocenters. The van der Waals surface area contributed by atoms with Crippen molar-refractivity contribution >= 4 is 21.6 Å². The zero-order valence-electron chi connectivity index (χ0n) is 10.7. The Morgan fingerprint density at radius 1 is 1.47 bits per heavy atom. The van der Waals surface area contributed by atoms with Gasteiger partial charge >= 0.3 is 0 Å². The van der Waals surface area contributed by atoms with Gasteiger partial charge in [0.2, 0.25) is 15.9 Å². The summed E-state index contributed by atoms with van der Waals surface area (Å²) in [5, 5.41) is 7.70. The Bertz CT molecular complexity index is 582. The van der Waals surface area contributed by atoms with Gasteiger partial charge in [0.1, 0.15) is 0 Å². The van der Waals surface area contributed by atoms with Crippen LogP contribution in [0.3, 0.4) is 0 Å². The number of rotatable bonds is 5. The van der Waals surface area contributed by atoms with E-state index in [1.54, 1.807) is 12.1 Å². The molecule has 1 aliphatic rings. The summed E-state index contributed by atoms with van der Waals surface area (Å²) in [4.78, 5) is 13.8. The lowest BCUT2D eigenvalue weighted by atomic mass is 10.3. The molecule has 1 amide bonds. The smallest absolute Gasteiger partial charge is 0.238 e. The molecule has 1 aromatic carbocycles. The van der Waals surface area contributed by atoms with E-state index in [-0.39, 0.29) is 10.8 Å². The Labute approximate surface area is 112 Å². The normalized spacial score (nSPS) is 15.5. The Hall–Kier alpha value is -1.44. The number of hydrogen-bond donors (Lipinski definition) is 2. The van der Waals surface area contributed by atoms with Crippen molar-refractivity contribution in [2.24, 2.45) is 5.14 Å². The molecule has 1 saturated carbocycles. The summed E-state index contributed by atoms with van der Waals surface area (Å²) in [6, 6.07) is 6.41. The van der Waals surface area contributed by atoms with Crippen LogP contribution in [0.2, 0.25) is 0 Å². The van der Waals surface area contributed by atoms with Crippen LogP contribution in [0, 0.1) is 0 Å². The van der Waals surface area contributed by atoms with Crippen molar-refractivity contribution in [2.45, 2.75) is 23.8 Å². The SMILES string of the molecule is CN(CC(=O)Nc1cccc(S(N)(=O)=O)c1)C1CC1. The molecule has 0 aromatic heterocycles. The molecular formula is C12H17N3O3S. The van der Waals surface area contributed by atoms with Crippen molar-refractivity contribution in [3.8, 4) is 0 Å². The van der Waals surface area contributed by atoms with E-state index < -0.39 is 10.0 Å². The molecule has 2 rings (SSSR count). The van der Waals surface area contributed by atoms with Crippen LogP contribution >= 0.6 is 0 Å². The van der Waals surface area contributed by atoms with E-state index >= 15 is 0 Å². The van der Waals surface area contributed by atoms with Crippen molar-refractivity contribution in [2.75, 3.05) is 18.9 Å². The highest BCUT2D eigenvalue weighted by Gasteiger charge is 2.27. The second kappa shape index (κ2) is 5.28. The first-order valence-electron chi connectivity index (χ1n) is 5.99. The van der Waals surface area contributed by atoms with Gasteiger partial charge in [0.15, 0.2) is 0 Å². The van der Waals surface area contributed by atoms with Gasteiger partial charge in [-0.2, -0.15) is 0 Å². The van der Waals surface area contributed by atoms with Gasteiger partial charge in [-0.15, -0.1) is 0 Å². The highest BCUT2D eigenvalue weighted by molar-refractivity contribution is 7.89. The fraction of sp³-hybridized carbons (Fsp3) is 0.417. The Morgan fingerprint density at radius 2 is 2.16 bits per heavy atom. The standard InChI is InChI=1S/C12H17N3O3S/c1-15(10-5-6-10)8-12(16)14-9-3-2-4-11(7-9)19(13,17)18/h2-4,7,10H,5-6,8H2,1H3,(H,14,16)(H2,13,17,18). The molecule has 7 heteroatoms. The van der Waals surface area contributed by atoms with Crippen molar-refractivity contribution in [1.82, 2.24) is 4.90 Å². The number of sulfonamides is 1. The molecule has 0 atom stereocenters. The van der Waals surface area contributed by atoms with Crippen LogP contribution in [0.5, 0.6) is 0 Å². The van der Waals surface area contributed by atoms with Crippen molar-refractivity contribution in [3.63, 3.8) is 0 Å². The van der Waals surface area contributed by atoms with Crippen LogP contribution in [-0.2, 0) is 14.8 Å². The van der Waals surface area contributed by atoms with Crippen LogP contribution < -0.4 is 10.5 Å². The van der Waals surface area contributed by atoms with E-state index in [9.17, 15) is 13.2 Å². The number of nitrogens with one attached hydrogen (secondary N) is 1. The molecule has 19 heavy (non-hydrogen) atoms. The fourth-order valence-electron chi connectivity index (χ4n) is 1.82. The molecule has 0 bridgehead atoms. The largest absolute Gasteiger partial charge is 0.325 e. The molecule has 6 nitrogen and oxygen atoms in total. The molecule has 3 N–H and O–H groups in total. The van der Waals surface area contributed by atoms with E-state index in [0.29, 0.717) is 18.3 Å². The summed E-state index contributed by atoms with van der Waals surface area (Å²) in [6.45, 7) is 0.296. The Kier molecular flexibility index (Phi) is 3.88. The highest BCUT2D eigenvalue weighted by atomic mass is 32.2. The topological polar surface area (TPSA) is 92.5 Å². The molecule has 1 aromatic rings. The third-order valence-corrected chi connectivity index (χ3v) is 3.92. The van der Waals surface area contributed by atoms with Gasteiger partial charge in [-0.3, -0.25) is 9.69 Å². The van der Waals surface area contributed by atoms with Gasteiger partial charge in [0.25, 0.3) is 0 Å². The third-order valence-electron chi connectivity index (χ3n) is 3.01. The molecular weight excluding hydrogens is 266 g/mol. The molecule has 0 heterocycles. The first-order chi connectivity index (χ1) is 8.86. The molecule has 0 radical (unpaired) electrons. The maximum absolute atomic E-state index is 11.8. The minimum atomic E-state index is -3.75. The first-order valence-corrected chi connectivity index (χ1v) is 7.54. The van der Waals surface area contributed by atoms with E-state index in [4.69, 9.17) is 5.14 Å². The van der Waals surface area contributed by atoms with Gasteiger partial charge < -0.3 is 5.32 Å². The summed E-state index contributed by atoms with van der Waals surface area (Å²) in [5.41, 5.74) is 0.431. The molecule has 1 aliphatic carbocycles. The number of anilines is 1. The highest BCUT2D eigenvalue weighted by Crippen LogP contribution is 2.25. The minimum Gasteiger partial charge on any atom is -0.325 e. The number of carbonyl (C=O) groups excluding carboxylic acids is 1. The van der Waals surface area contributed by atoms with Gasteiger partial charge in [-0.05, 0) is 38.1 Å². The number of primary sulfonamides is 1. The predicted octanol–water partition coefficient (Wildman–Crippen LogP) is 0.367. The maximum Gasteiger partial charge on any atom is 0.238 e. The monoisotopic (exact) mass is 283 g/mol. The first kappa shape index (κ1) is 14.0. The number of carbonyl (C=O) groups is 1. The summed E-state index contributed by atoms with van der Waals surface area (Å²) < 4.78 is 22.4. The Balaban J connectivity index is 2.00. The lowest BCUT2D eigenvalue weighted by Crippen LogP contribution is -2.31. The second-order valence-electron chi connectivity index (χ2n) is 4.77. The van der Waals surface area contributed by atoms with Crippen molar-refractivity contribution in [1.29, 1.82) is 0 Å². The Morgan fingerprint density at radius 3 is 2.74 bits per heavy atom. The average molecular weight is 283 g/mol. The van der Waals surface area contributed by atoms with E-state index in [1.165, 1.54) is 12.1 Å². The number of amides is 1. The van der Waals surface area contributed by atoms with Crippen molar-refractivity contribution in [3.05, 3.63) is 24.3 Å². The lowest BCUT2D eigenvalue weighted by molar-refractivity contribution is -0.117. The third kappa shape index (κ3) is 4.02. The average Bonchev–Trinajstić information content (AvgIpc) is 3.11. The molecule has 0 aliphatic heterocycles. The number of hydrogen-bond acceptors (Lipinski definition) is 4. The zero-order chi connectivity index (χ0) is 14.0. The van der Waals surface area contributed by atoms with Crippen molar-refractivity contribution < 1.29 is 13.2 Å². The molecule has 1 fully saturated rings. The summed E-state index contributed by atoms with van der Waals surface area (Å²) in [6.07, 6.45) is 2.26. The van der Waals surface area contributed by atoms with E-state index in [1.807, 2.05) is 11.9 Å². The van der Waals surface area contributed by atoms with Gasteiger partial charge in [0.05, 0.1) is 11.4 Å². The maximum atomic E-state index is 11.8. The number of benzene rings is 1. The number of likely N-dealkylation sites (N-methyl/N-ethyl adjacent to an activating group) is 1. The van der Waals surface area contributed by atoms with Gasteiger partial charge in [0, 0.05) is 11.7 Å². The quantitative estimate of drug-likeness (QED) is 0.816. The summed E-state index contributed by atoms with van der Waals surface area (Å²) >= 11 is 0. The van der Waals surface area contributed by atoms with Gasteiger partial charge in [-0.1, -0.05) is 6.07 Å². The summed E-state index contributed by atoms with van der Waals surface area (Å²) in [5.74, 6) is -0.166. The number of nitrogens with two attached hydrogens (primary N) is 1. The van der Waals surface area contributed by atoms with Crippen LogP contribution in [0.4, 0.5) is 5.69 Å². The van der Waals surface area contributed by atoms with Crippen LogP contribution in [0.15, 0.2) is 29.2 Å². The fourth-order valence-corrected chi connectivity index (χ4v) is 2.38. The molecule has 0 spiro atoms. The van der Waals surface area contributed by atoms with E-state index in [0.717, 1.165) is 12.8 Å². The minimum absolute atomic E-state index is 0.0131. The van der Waals surface area contributed by atoms with Crippen LogP contribution in [0.1, 0.15) is 12.8 Å². The molecule has 104 valence electrons. The van der Waals surface area contributed by atoms with Gasteiger partial charge in [-0.25, -0.2) is 13.6 Å². The van der Waals surface area contributed by atoms with Crippen LogP contribution in [-0.4, -0.2) is 38.9 Å². The molecule has 0 saturated heterocycles. The van der Waals surface area contributed by atoms with Crippen LogP contribution in [0.25, 0.3) is 0 Å². The second-order valence-corrected chi connectivity index (χ2v) is 6.33. The van der Waals surface area contributed by atoms with E-state index in [2.05, 4.69) is 5.32 Å². The zero-order valence-corrected chi connectivity index (χ0v) is 11.5. The lowest BCUT2D eigenvalue weighted by Gasteiger charge is -2.15.